The van der Waals surface area contributed by atoms with E-state index in [0.717, 1.165) is 25.0 Å². The highest BCUT2D eigenvalue weighted by molar-refractivity contribution is 5.67. The topological polar surface area (TPSA) is 58.6 Å². The molecule has 2 unspecified atom stereocenters. The number of hydrogen-bond donors (Lipinski definition) is 2. The molecule has 0 amide bonds. The number of carboxylic acids is 1. The van der Waals surface area contributed by atoms with Gasteiger partial charge in [0, 0.05) is 19.2 Å². The first-order valence-electron chi connectivity index (χ1n) is 6.94. The molecule has 20 heavy (non-hydrogen) atoms. The fraction of sp³-hybridized carbons (Fsp3) is 0.533. The summed E-state index contributed by atoms with van der Waals surface area (Å²) in [4.78, 5) is 10.9. The average Bonchev–Trinajstić information content (AvgIpc) is 2.91. The van der Waals surface area contributed by atoms with E-state index in [-0.39, 0.29) is 24.4 Å². The second-order valence-electron chi connectivity index (χ2n) is 5.17. The summed E-state index contributed by atoms with van der Waals surface area (Å²) in [6.07, 6.45) is 2.88. The van der Waals surface area contributed by atoms with Crippen molar-refractivity contribution in [3.8, 4) is 0 Å². The maximum absolute atomic E-state index is 12.9. The number of rotatable bonds is 7. The Morgan fingerprint density at radius 2 is 2.20 bits per heavy atom. The zero-order valence-corrected chi connectivity index (χ0v) is 11.3. The van der Waals surface area contributed by atoms with Crippen molar-refractivity contribution in [3.63, 3.8) is 0 Å². The van der Waals surface area contributed by atoms with Gasteiger partial charge in [-0.1, -0.05) is 12.1 Å². The fourth-order valence-electron chi connectivity index (χ4n) is 2.44. The highest BCUT2D eigenvalue weighted by Gasteiger charge is 2.19. The third kappa shape index (κ3) is 4.90. The predicted octanol–water partition coefficient (Wildman–Crippen LogP) is 1.98. The molecule has 0 aliphatic carbocycles. The number of aliphatic carboxylic acids is 1. The Morgan fingerprint density at radius 1 is 1.45 bits per heavy atom. The van der Waals surface area contributed by atoms with Crippen molar-refractivity contribution < 1.29 is 19.0 Å². The van der Waals surface area contributed by atoms with E-state index in [1.165, 1.54) is 12.1 Å². The van der Waals surface area contributed by atoms with Gasteiger partial charge in [0.25, 0.3) is 0 Å². The summed E-state index contributed by atoms with van der Waals surface area (Å²) in [5.74, 6) is -1.12. The molecule has 0 saturated carbocycles. The minimum absolute atomic E-state index is 0.0457. The Bertz CT molecular complexity index is 429. The van der Waals surface area contributed by atoms with Crippen LogP contribution in [-0.4, -0.2) is 36.4 Å². The molecule has 0 aromatic heterocycles. The van der Waals surface area contributed by atoms with Gasteiger partial charge in [-0.15, -0.1) is 0 Å². The lowest BCUT2D eigenvalue weighted by atomic mass is 10.0. The van der Waals surface area contributed by atoms with E-state index in [1.54, 1.807) is 12.1 Å². The maximum Gasteiger partial charge on any atom is 0.304 e. The largest absolute Gasteiger partial charge is 0.481 e. The summed E-state index contributed by atoms with van der Waals surface area (Å²) >= 11 is 0. The molecule has 1 saturated heterocycles. The van der Waals surface area contributed by atoms with Crippen molar-refractivity contribution >= 4 is 5.97 Å². The average molecular weight is 281 g/mol. The summed E-state index contributed by atoms with van der Waals surface area (Å²) in [5, 5.41) is 12.2. The van der Waals surface area contributed by atoms with Crippen LogP contribution in [0.25, 0.3) is 0 Å². The summed E-state index contributed by atoms with van der Waals surface area (Å²) in [7, 11) is 0. The van der Waals surface area contributed by atoms with Crippen LogP contribution in [0.15, 0.2) is 24.3 Å². The third-order valence-electron chi connectivity index (χ3n) is 3.47. The van der Waals surface area contributed by atoms with Gasteiger partial charge >= 0.3 is 5.97 Å². The minimum atomic E-state index is -0.836. The van der Waals surface area contributed by atoms with Gasteiger partial charge in [0.2, 0.25) is 0 Å². The van der Waals surface area contributed by atoms with E-state index in [0.29, 0.717) is 13.0 Å². The Labute approximate surface area is 117 Å². The standard InChI is InChI=1S/C15H20FNO3/c16-12-5-3-11(4-6-12)8-13(9-15(18)19)17-10-14-2-1-7-20-14/h3-6,13-14,17H,1-2,7-10H2,(H,18,19). The molecule has 1 aromatic carbocycles. The number of benzene rings is 1. The van der Waals surface area contributed by atoms with Crippen molar-refractivity contribution in [2.75, 3.05) is 13.2 Å². The van der Waals surface area contributed by atoms with Crippen LogP contribution in [0, 0.1) is 5.82 Å². The Morgan fingerprint density at radius 3 is 2.80 bits per heavy atom. The quantitative estimate of drug-likeness (QED) is 0.802. The zero-order valence-electron chi connectivity index (χ0n) is 11.3. The molecule has 2 rings (SSSR count). The smallest absolute Gasteiger partial charge is 0.304 e. The first kappa shape index (κ1) is 14.9. The molecule has 2 atom stereocenters. The predicted molar refractivity (Wildman–Crippen MR) is 73.1 cm³/mol. The van der Waals surface area contributed by atoms with Crippen molar-refractivity contribution in [1.82, 2.24) is 5.32 Å². The molecule has 1 fully saturated rings. The van der Waals surface area contributed by atoms with E-state index in [2.05, 4.69) is 5.32 Å². The normalized spacial score (nSPS) is 19.9. The Balaban J connectivity index is 1.88. The number of nitrogens with one attached hydrogen (secondary N) is 1. The second-order valence-corrected chi connectivity index (χ2v) is 5.17. The molecule has 110 valence electrons. The maximum atomic E-state index is 12.9. The number of ether oxygens (including phenoxy) is 1. The lowest BCUT2D eigenvalue weighted by molar-refractivity contribution is -0.137. The van der Waals surface area contributed by atoms with Crippen LogP contribution in [0.1, 0.15) is 24.8 Å². The van der Waals surface area contributed by atoms with Gasteiger partial charge in [0.15, 0.2) is 0 Å². The molecule has 1 aromatic rings. The lowest BCUT2D eigenvalue weighted by Crippen LogP contribution is -2.38. The first-order valence-corrected chi connectivity index (χ1v) is 6.94. The molecule has 1 heterocycles. The highest BCUT2D eigenvalue weighted by Crippen LogP contribution is 2.12. The van der Waals surface area contributed by atoms with Crippen LogP contribution >= 0.6 is 0 Å². The SMILES string of the molecule is O=C(O)CC(Cc1ccc(F)cc1)NCC1CCCO1. The van der Waals surface area contributed by atoms with Gasteiger partial charge in [-0.25, -0.2) is 4.39 Å². The summed E-state index contributed by atoms with van der Waals surface area (Å²) < 4.78 is 18.4. The van der Waals surface area contributed by atoms with Gasteiger partial charge in [-0.05, 0) is 37.0 Å². The highest BCUT2D eigenvalue weighted by atomic mass is 19.1. The molecule has 0 radical (unpaired) electrons. The van der Waals surface area contributed by atoms with Crippen LogP contribution in [-0.2, 0) is 16.0 Å². The van der Waals surface area contributed by atoms with Crippen LogP contribution in [0.4, 0.5) is 4.39 Å². The second kappa shape index (κ2) is 7.36. The summed E-state index contributed by atoms with van der Waals surface area (Å²) in [6.45, 7) is 1.45. The van der Waals surface area contributed by atoms with E-state index in [1.807, 2.05) is 0 Å². The number of carboxylic acid groups (broad SMARTS) is 1. The first-order chi connectivity index (χ1) is 9.63. The van der Waals surface area contributed by atoms with E-state index in [4.69, 9.17) is 9.84 Å². The van der Waals surface area contributed by atoms with Gasteiger partial charge < -0.3 is 15.2 Å². The molecule has 5 heteroatoms. The van der Waals surface area contributed by atoms with Gasteiger partial charge in [0.1, 0.15) is 5.82 Å². The van der Waals surface area contributed by atoms with Crippen LogP contribution in [0.2, 0.25) is 0 Å². The van der Waals surface area contributed by atoms with E-state index >= 15 is 0 Å². The van der Waals surface area contributed by atoms with E-state index < -0.39 is 5.97 Å². The van der Waals surface area contributed by atoms with Crippen molar-refractivity contribution in [3.05, 3.63) is 35.6 Å². The van der Waals surface area contributed by atoms with Crippen LogP contribution in [0.3, 0.4) is 0 Å². The molecule has 2 N–H and O–H groups in total. The molecular formula is C15H20FNO3. The van der Waals surface area contributed by atoms with Crippen LogP contribution < -0.4 is 5.32 Å². The van der Waals surface area contributed by atoms with Crippen LogP contribution in [0.5, 0.6) is 0 Å². The van der Waals surface area contributed by atoms with Gasteiger partial charge in [-0.3, -0.25) is 4.79 Å². The fourth-order valence-corrected chi connectivity index (χ4v) is 2.44. The minimum Gasteiger partial charge on any atom is -0.481 e. The molecule has 1 aliphatic heterocycles. The summed E-state index contributed by atoms with van der Waals surface area (Å²) in [5.41, 5.74) is 0.928. The monoisotopic (exact) mass is 281 g/mol. The zero-order chi connectivity index (χ0) is 14.4. The lowest BCUT2D eigenvalue weighted by Gasteiger charge is -2.19. The molecule has 0 bridgehead atoms. The molecular weight excluding hydrogens is 261 g/mol. The number of halogens is 1. The summed E-state index contributed by atoms with van der Waals surface area (Å²) in [6, 6.07) is 6.01. The number of hydrogen-bond acceptors (Lipinski definition) is 3. The van der Waals surface area contributed by atoms with Crippen molar-refractivity contribution in [2.24, 2.45) is 0 Å². The van der Waals surface area contributed by atoms with Crippen molar-refractivity contribution in [1.29, 1.82) is 0 Å². The van der Waals surface area contributed by atoms with Gasteiger partial charge in [-0.2, -0.15) is 0 Å². The molecule has 0 spiro atoms. The van der Waals surface area contributed by atoms with Crippen molar-refractivity contribution in [2.45, 2.75) is 37.8 Å². The number of carbonyl (C=O) groups is 1. The third-order valence-corrected chi connectivity index (χ3v) is 3.47. The van der Waals surface area contributed by atoms with Gasteiger partial charge in [0.05, 0.1) is 12.5 Å². The molecule has 4 nitrogen and oxygen atoms in total. The molecule has 1 aliphatic rings. The van der Waals surface area contributed by atoms with E-state index in [9.17, 15) is 9.18 Å². The Hall–Kier alpha value is -1.46. The Kier molecular flexibility index (Phi) is 5.49.